The van der Waals surface area contributed by atoms with E-state index < -0.39 is 15.9 Å². The van der Waals surface area contributed by atoms with Gasteiger partial charge in [0.05, 0.1) is 18.1 Å². The zero-order valence-electron chi connectivity index (χ0n) is 13.4. The lowest BCUT2D eigenvalue weighted by molar-refractivity contribution is -0.00803. The molecule has 8 heteroatoms. The van der Waals surface area contributed by atoms with Crippen molar-refractivity contribution in [1.82, 2.24) is 9.62 Å². The van der Waals surface area contributed by atoms with Gasteiger partial charge in [0, 0.05) is 30.7 Å². The highest BCUT2D eigenvalue weighted by Gasteiger charge is 2.30. The predicted octanol–water partition coefficient (Wildman–Crippen LogP) is 0.175. The highest BCUT2D eigenvalue weighted by atomic mass is 32.2. The molecule has 128 valence electrons. The number of rotatable bonds is 6. The zero-order valence-corrected chi connectivity index (χ0v) is 14.2. The van der Waals surface area contributed by atoms with Crippen LogP contribution in [-0.4, -0.2) is 57.6 Å². The minimum atomic E-state index is -3.63. The third-order valence-electron chi connectivity index (χ3n) is 4.01. The lowest BCUT2D eigenvalue weighted by Crippen LogP contribution is -2.55. The molecule has 3 N–H and O–H groups in total. The van der Waals surface area contributed by atoms with Gasteiger partial charge in [-0.2, -0.15) is 0 Å². The van der Waals surface area contributed by atoms with Gasteiger partial charge in [0.25, 0.3) is 0 Å². The molecule has 0 aromatic heterocycles. The van der Waals surface area contributed by atoms with Gasteiger partial charge >= 0.3 is 0 Å². The molecule has 0 aliphatic carbocycles. The quantitative estimate of drug-likeness (QED) is 0.768. The molecule has 1 heterocycles. The molecule has 0 saturated carbocycles. The standard InChI is InChI=1S/C15H23N3O4S/c1-15(2,18-7-9-22-10-8-18)11-17-23(20,21)13-5-3-12(4-6-13)14(16)19/h3-6,17H,7-11H2,1-2H3,(H2,16,19). The fourth-order valence-electron chi connectivity index (χ4n) is 2.43. The van der Waals surface area contributed by atoms with Crippen LogP contribution < -0.4 is 10.5 Å². The van der Waals surface area contributed by atoms with Crippen molar-refractivity contribution in [1.29, 1.82) is 0 Å². The molecule has 7 nitrogen and oxygen atoms in total. The van der Waals surface area contributed by atoms with Crippen LogP contribution in [0.5, 0.6) is 0 Å². The third kappa shape index (κ3) is 4.51. The van der Waals surface area contributed by atoms with Crippen LogP contribution in [0.25, 0.3) is 0 Å². The second-order valence-corrected chi connectivity index (χ2v) is 7.89. The average molecular weight is 341 g/mol. The van der Waals surface area contributed by atoms with E-state index in [0.29, 0.717) is 13.2 Å². The molecule has 2 rings (SSSR count). The molecule has 0 bridgehead atoms. The predicted molar refractivity (Wildman–Crippen MR) is 86.6 cm³/mol. The Labute approximate surface area is 136 Å². The Bertz CT molecular complexity index is 650. The number of primary amides is 1. The first-order chi connectivity index (χ1) is 10.7. The van der Waals surface area contributed by atoms with Crippen LogP contribution in [0.1, 0.15) is 24.2 Å². The number of nitrogens with zero attached hydrogens (tertiary/aromatic N) is 1. The first kappa shape index (κ1) is 17.9. The van der Waals surface area contributed by atoms with Gasteiger partial charge in [-0.05, 0) is 38.1 Å². The lowest BCUT2D eigenvalue weighted by atomic mass is 10.0. The molecule has 1 aliphatic heterocycles. The van der Waals surface area contributed by atoms with E-state index in [9.17, 15) is 13.2 Å². The van der Waals surface area contributed by atoms with Crippen LogP contribution in [0.4, 0.5) is 0 Å². The molecular weight excluding hydrogens is 318 g/mol. The second-order valence-electron chi connectivity index (χ2n) is 6.13. The van der Waals surface area contributed by atoms with Gasteiger partial charge in [0.2, 0.25) is 15.9 Å². The van der Waals surface area contributed by atoms with E-state index in [1.807, 2.05) is 13.8 Å². The number of amides is 1. The van der Waals surface area contributed by atoms with Crippen molar-refractivity contribution in [2.45, 2.75) is 24.3 Å². The Morgan fingerprint density at radius 3 is 2.35 bits per heavy atom. The fraction of sp³-hybridized carbons (Fsp3) is 0.533. The molecule has 1 fully saturated rings. The van der Waals surface area contributed by atoms with E-state index in [2.05, 4.69) is 9.62 Å². The summed E-state index contributed by atoms with van der Waals surface area (Å²) in [6.45, 7) is 7.15. The summed E-state index contributed by atoms with van der Waals surface area (Å²) in [5.41, 5.74) is 5.11. The Hall–Kier alpha value is -1.48. The molecule has 0 radical (unpaired) electrons. The summed E-state index contributed by atoms with van der Waals surface area (Å²) in [6, 6.07) is 5.57. The summed E-state index contributed by atoms with van der Waals surface area (Å²) in [4.78, 5) is 13.4. The number of carbonyl (C=O) groups excluding carboxylic acids is 1. The Kier molecular flexibility index (Phi) is 5.41. The molecule has 1 saturated heterocycles. The summed E-state index contributed by atoms with van der Waals surface area (Å²) in [5, 5.41) is 0. The van der Waals surface area contributed by atoms with E-state index in [-0.39, 0.29) is 22.5 Å². The Morgan fingerprint density at radius 1 is 1.26 bits per heavy atom. The summed E-state index contributed by atoms with van der Waals surface area (Å²) in [7, 11) is -3.63. The maximum absolute atomic E-state index is 12.4. The van der Waals surface area contributed by atoms with Gasteiger partial charge in [-0.3, -0.25) is 9.69 Å². The Balaban J connectivity index is 2.04. The molecule has 0 spiro atoms. The van der Waals surface area contributed by atoms with Gasteiger partial charge in [-0.15, -0.1) is 0 Å². The van der Waals surface area contributed by atoms with Crippen LogP contribution in [0.3, 0.4) is 0 Å². The Morgan fingerprint density at radius 2 is 1.83 bits per heavy atom. The summed E-state index contributed by atoms with van der Waals surface area (Å²) >= 11 is 0. The lowest BCUT2D eigenvalue weighted by Gasteiger charge is -2.40. The van der Waals surface area contributed by atoms with Crippen molar-refractivity contribution in [2.24, 2.45) is 5.73 Å². The third-order valence-corrected chi connectivity index (χ3v) is 5.43. The second kappa shape index (κ2) is 6.96. The smallest absolute Gasteiger partial charge is 0.248 e. The molecule has 1 amide bonds. The van der Waals surface area contributed by atoms with Gasteiger partial charge < -0.3 is 10.5 Å². The molecule has 1 aliphatic rings. The molecule has 1 aromatic rings. The highest BCUT2D eigenvalue weighted by Crippen LogP contribution is 2.17. The maximum Gasteiger partial charge on any atom is 0.248 e. The van der Waals surface area contributed by atoms with Gasteiger partial charge in [0.15, 0.2) is 0 Å². The summed E-state index contributed by atoms with van der Waals surface area (Å²) in [5.74, 6) is -0.588. The number of benzene rings is 1. The van der Waals surface area contributed by atoms with Crippen molar-refractivity contribution < 1.29 is 17.9 Å². The maximum atomic E-state index is 12.4. The van der Waals surface area contributed by atoms with E-state index in [1.54, 1.807) is 0 Å². The first-order valence-corrected chi connectivity index (χ1v) is 8.93. The number of nitrogens with one attached hydrogen (secondary N) is 1. The van der Waals surface area contributed by atoms with Crippen LogP contribution in [-0.2, 0) is 14.8 Å². The van der Waals surface area contributed by atoms with Gasteiger partial charge in [-0.25, -0.2) is 13.1 Å². The summed E-state index contributed by atoms with van der Waals surface area (Å²) < 4.78 is 32.7. The van der Waals surface area contributed by atoms with Crippen molar-refractivity contribution in [3.8, 4) is 0 Å². The largest absolute Gasteiger partial charge is 0.379 e. The number of carbonyl (C=O) groups is 1. The number of morpholine rings is 1. The van der Waals surface area contributed by atoms with Crippen molar-refractivity contribution in [3.63, 3.8) is 0 Å². The minimum Gasteiger partial charge on any atom is -0.379 e. The van der Waals surface area contributed by atoms with E-state index >= 15 is 0 Å². The van der Waals surface area contributed by atoms with Crippen LogP contribution in [0.15, 0.2) is 29.2 Å². The molecule has 23 heavy (non-hydrogen) atoms. The molecule has 1 aromatic carbocycles. The number of nitrogens with two attached hydrogens (primary N) is 1. The average Bonchev–Trinajstić information content (AvgIpc) is 2.54. The van der Waals surface area contributed by atoms with E-state index in [1.165, 1.54) is 24.3 Å². The van der Waals surface area contributed by atoms with Gasteiger partial charge in [-0.1, -0.05) is 0 Å². The van der Waals surface area contributed by atoms with Crippen molar-refractivity contribution >= 4 is 15.9 Å². The highest BCUT2D eigenvalue weighted by molar-refractivity contribution is 7.89. The molecule has 0 atom stereocenters. The first-order valence-electron chi connectivity index (χ1n) is 7.45. The van der Waals surface area contributed by atoms with Crippen molar-refractivity contribution in [2.75, 3.05) is 32.8 Å². The normalized spacial score (nSPS) is 17.1. The van der Waals surface area contributed by atoms with E-state index in [0.717, 1.165) is 13.1 Å². The van der Waals surface area contributed by atoms with Crippen molar-refractivity contribution in [3.05, 3.63) is 29.8 Å². The van der Waals surface area contributed by atoms with Crippen LogP contribution in [0, 0.1) is 0 Å². The number of hydrogen-bond donors (Lipinski definition) is 2. The molecular formula is C15H23N3O4S. The number of hydrogen-bond acceptors (Lipinski definition) is 5. The number of ether oxygens (including phenoxy) is 1. The fourth-order valence-corrected chi connectivity index (χ4v) is 3.64. The van der Waals surface area contributed by atoms with Crippen LogP contribution in [0.2, 0.25) is 0 Å². The molecule has 0 unspecified atom stereocenters. The topological polar surface area (TPSA) is 102 Å². The number of sulfonamides is 1. The SMILES string of the molecule is CC(C)(CNS(=O)(=O)c1ccc(C(N)=O)cc1)N1CCOCC1. The zero-order chi connectivity index (χ0) is 17.1. The summed E-state index contributed by atoms with van der Waals surface area (Å²) in [6.07, 6.45) is 0. The minimum absolute atomic E-state index is 0.111. The van der Waals surface area contributed by atoms with E-state index in [4.69, 9.17) is 10.5 Å². The monoisotopic (exact) mass is 341 g/mol. The van der Waals surface area contributed by atoms with Crippen LogP contribution >= 0.6 is 0 Å². The van der Waals surface area contributed by atoms with Gasteiger partial charge in [0.1, 0.15) is 0 Å².